The van der Waals surface area contributed by atoms with Gasteiger partial charge in [-0.15, -0.1) is 0 Å². The Morgan fingerprint density at radius 2 is 2.10 bits per heavy atom. The zero-order valence-electron chi connectivity index (χ0n) is 13.1. The largest absolute Gasteiger partial charge is 0.383 e. The summed E-state index contributed by atoms with van der Waals surface area (Å²) in [5, 5.41) is 6.37. The van der Waals surface area contributed by atoms with E-state index in [9.17, 15) is 4.39 Å². The highest BCUT2D eigenvalue weighted by Crippen LogP contribution is 2.17. The van der Waals surface area contributed by atoms with Crippen molar-refractivity contribution in [2.45, 2.75) is 52.2 Å². The van der Waals surface area contributed by atoms with Gasteiger partial charge in [0.1, 0.15) is 0 Å². The minimum Gasteiger partial charge on any atom is -0.383 e. The van der Waals surface area contributed by atoms with Gasteiger partial charge in [-0.05, 0) is 33.3 Å². The second-order valence-electron chi connectivity index (χ2n) is 5.94. The zero-order chi connectivity index (χ0) is 15.2. The van der Waals surface area contributed by atoms with E-state index in [0.717, 1.165) is 6.42 Å². The highest BCUT2D eigenvalue weighted by atomic mass is 19.1. The van der Waals surface area contributed by atoms with E-state index in [4.69, 9.17) is 4.74 Å². The highest BCUT2D eigenvalue weighted by Gasteiger charge is 2.15. The molecule has 0 amide bonds. The fraction of sp³-hybridized carbons (Fsp3) is 0.667. The normalized spacial score (nSPS) is 13.3. The highest BCUT2D eigenvalue weighted by molar-refractivity contribution is 5.40. The predicted molar refractivity (Wildman–Crippen MR) is 80.4 cm³/mol. The van der Waals surface area contributed by atoms with Gasteiger partial charge in [-0.1, -0.05) is 6.92 Å². The maximum Gasteiger partial charge on any atom is 0.169 e. The van der Waals surface area contributed by atoms with Gasteiger partial charge in [0.05, 0.1) is 12.6 Å². The minimum atomic E-state index is -0.293. The van der Waals surface area contributed by atoms with Gasteiger partial charge < -0.3 is 15.4 Å². The molecule has 114 valence electrons. The molecule has 1 aromatic rings. The first-order valence-electron chi connectivity index (χ1n) is 7.01. The van der Waals surface area contributed by atoms with Gasteiger partial charge in [-0.3, -0.25) is 0 Å². The van der Waals surface area contributed by atoms with Crippen molar-refractivity contribution in [3.05, 3.63) is 23.6 Å². The number of rotatable bonds is 7. The summed E-state index contributed by atoms with van der Waals surface area (Å²) in [6, 6.07) is 1.77. The van der Waals surface area contributed by atoms with E-state index < -0.39 is 0 Å². The molecule has 0 aliphatic carbocycles. The Morgan fingerprint density at radius 1 is 1.40 bits per heavy atom. The fourth-order valence-corrected chi connectivity index (χ4v) is 1.74. The second-order valence-corrected chi connectivity index (χ2v) is 5.94. The minimum absolute atomic E-state index is 0.0503. The number of hydrogen-bond donors (Lipinski definition) is 2. The number of ether oxygens (including phenoxy) is 1. The Bertz CT molecular complexity index is 418. The molecule has 5 heteroatoms. The first kappa shape index (κ1) is 16.9. The van der Waals surface area contributed by atoms with Crippen molar-refractivity contribution in [2.75, 3.05) is 19.0 Å². The molecule has 0 spiro atoms. The van der Waals surface area contributed by atoms with Crippen LogP contribution in [0.3, 0.4) is 0 Å². The van der Waals surface area contributed by atoms with Gasteiger partial charge in [0.15, 0.2) is 11.6 Å². The molecule has 0 aromatic carbocycles. The van der Waals surface area contributed by atoms with E-state index in [2.05, 4.69) is 36.4 Å². The van der Waals surface area contributed by atoms with Crippen LogP contribution in [0.5, 0.6) is 0 Å². The number of aromatic nitrogens is 1. The summed E-state index contributed by atoms with van der Waals surface area (Å²) >= 11 is 0. The first-order valence-corrected chi connectivity index (χ1v) is 7.01. The van der Waals surface area contributed by atoms with Crippen molar-refractivity contribution in [3.63, 3.8) is 0 Å². The number of nitrogens with zero attached hydrogens (tertiary/aromatic N) is 1. The maximum atomic E-state index is 14.4. The lowest BCUT2D eigenvalue weighted by Gasteiger charge is -2.22. The van der Waals surface area contributed by atoms with Crippen LogP contribution in [0, 0.1) is 5.82 Å². The molecular weight excluding hydrogens is 257 g/mol. The molecule has 2 N–H and O–H groups in total. The lowest BCUT2D eigenvalue weighted by molar-refractivity contribution is 0.184. The van der Waals surface area contributed by atoms with Gasteiger partial charge in [0.25, 0.3) is 0 Å². The number of methoxy groups -OCH3 is 1. The molecule has 4 nitrogen and oxygen atoms in total. The molecule has 1 aromatic heterocycles. The SMILES string of the molecule is CCC(COC)Nc1nccc(CNC(C)(C)C)c1F. The number of hydrogen-bond acceptors (Lipinski definition) is 4. The van der Waals surface area contributed by atoms with Crippen molar-refractivity contribution < 1.29 is 9.13 Å². The standard InChI is InChI=1S/C15H26FN3O/c1-6-12(10-20-5)19-14-13(16)11(7-8-17-14)9-18-15(2,3)4/h7-8,12,18H,6,9-10H2,1-5H3,(H,17,19). The number of anilines is 1. The quantitative estimate of drug-likeness (QED) is 0.807. The maximum absolute atomic E-state index is 14.4. The molecule has 1 atom stereocenters. The first-order chi connectivity index (χ1) is 9.37. The summed E-state index contributed by atoms with van der Waals surface area (Å²) in [4.78, 5) is 4.08. The average Bonchev–Trinajstić information content (AvgIpc) is 2.38. The third-order valence-electron chi connectivity index (χ3n) is 2.98. The molecule has 0 radical (unpaired) electrons. The Balaban J connectivity index is 2.78. The van der Waals surface area contributed by atoms with Crippen LogP contribution in [0.2, 0.25) is 0 Å². The van der Waals surface area contributed by atoms with Gasteiger partial charge in [-0.2, -0.15) is 0 Å². The third kappa shape index (κ3) is 5.43. The van der Waals surface area contributed by atoms with Gasteiger partial charge in [0, 0.05) is 31.0 Å². The smallest absolute Gasteiger partial charge is 0.169 e. The lowest BCUT2D eigenvalue weighted by Crippen LogP contribution is -2.35. The van der Waals surface area contributed by atoms with Crippen molar-refractivity contribution in [1.29, 1.82) is 0 Å². The van der Waals surface area contributed by atoms with Crippen molar-refractivity contribution >= 4 is 5.82 Å². The van der Waals surface area contributed by atoms with E-state index in [-0.39, 0.29) is 17.4 Å². The molecular formula is C15H26FN3O. The van der Waals surface area contributed by atoms with Crippen LogP contribution in [0.4, 0.5) is 10.2 Å². The van der Waals surface area contributed by atoms with Gasteiger partial charge in [0.2, 0.25) is 0 Å². The number of nitrogens with one attached hydrogen (secondary N) is 2. The van der Waals surface area contributed by atoms with Gasteiger partial charge >= 0.3 is 0 Å². The van der Waals surface area contributed by atoms with E-state index in [1.54, 1.807) is 19.4 Å². The van der Waals surface area contributed by atoms with Crippen LogP contribution >= 0.6 is 0 Å². The fourth-order valence-electron chi connectivity index (χ4n) is 1.74. The summed E-state index contributed by atoms with van der Waals surface area (Å²) in [5.41, 5.74) is 0.565. The van der Waals surface area contributed by atoms with Crippen LogP contribution in [0.1, 0.15) is 39.7 Å². The monoisotopic (exact) mass is 283 g/mol. The summed E-state index contributed by atoms with van der Waals surface area (Å²) in [6.45, 7) is 9.19. The predicted octanol–water partition coefficient (Wildman–Crippen LogP) is 2.95. The van der Waals surface area contributed by atoms with E-state index in [1.807, 2.05) is 6.92 Å². The number of pyridine rings is 1. The van der Waals surface area contributed by atoms with Crippen LogP contribution < -0.4 is 10.6 Å². The summed E-state index contributed by atoms with van der Waals surface area (Å²) in [5.74, 6) is 0.000845. The number of halogens is 1. The van der Waals surface area contributed by atoms with Crippen molar-refractivity contribution in [3.8, 4) is 0 Å². The summed E-state index contributed by atoms with van der Waals surface area (Å²) < 4.78 is 19.5. The average molecular weight is 283 g/mol. The van der Waals surface area contributed by atoms with Gasteiger partial charge in [-0.25, -0.2) is 9.37 Å². The topological polar surface area (TPSA) is 46.2 Å². The Kier molecular flexibility index (Phi) is 6.36. The molecule has 1 unspecified atom stereocenters. The molecule has 0 fully saturated rings. The molecule has 20 heavy (non-hydrogen) atoms. The van der Waals surface area contributed by atoms with Crippen LogP contribution in [0.15, 0.2) is 12.3 Å². The molecule has 1 rings (SSSR count). The summed E-state index contributed by atoms with van der Waals surface area (Å²) in [7, 11) is 1.64. The van der Waals surface area contributed by atoms with Crippen LogP contribution in [-0.2, 0) is 11.3 Å². The third-order valence-corrected chi connectivity index (χ3v) is 2.98. The Hall–Kier alpha value is -1.20. The van der Waals surface area contributed by atoms with Crippen molar-refractivity contribution in [1.82, 2.24) is 10.3 Å². The zero-order valence-corrected chi connectivity index (χ0v) is 13.1. The van der Waals surface area contributed by atoms with E-state index in [0.29, 0.717) is 24.5 Å². The Labute approximate surface area is 121 Å². The molecule has 0 bridgehead atoms. The second kappa shape index (κ2) is 7.55. The van der Waals surface area contributed by atoms with Crippen molar-refractivity contribution in [2.24, 2.45) is 0 Å². The van der Waals surface area contributed by atoms with E-state index >= 15 is 0 Å². The van der Waals surface area contributed by atoms with E-state index in [1.165, 1.54) is 0 Å². The molecule has 0 saturated heterocycles. The Morgan fingerprint density at radius 3 is 2.65 bits per heavy atom. The summed E-state index contributed by atoms with van der Waals surface area (Å²) in [6.07, 6.45) is 2.48. The molecule has 1 heterocycles. The molecule has 0 aliphatic rings. The molecule has 0 saturated carbocycles. The van der Waals surface area contributed by atoms with Crippen LogP contribution in [0.25, 0.3) is 0 Å². The molecule has 0 aliphatic heterocycles. The lowest BCUT2D eigenvalue weighted by atomic mass is 10.1. The van der Waals surface area contributed by atoms with Crippen LogP contribution in [-0.4, -0.2) is 30.3 Å².